The van der Waals surface area contributed by atoms with E-state index in [2.05, 4.69) is 46.8 Å². The second-order valence-electron chi connectivity index (χ2n) is 6.22. The minimum Gasteiger partial charge on any atom is -0.354 e. The molecule has 1 unspecified atom stereocenters. The van der Waals surface area contributed by atoms with Crippen LogP contribution in [0, 0.1) is 12.8 Å². The smallest absolute Gasteiger partial charge is 0.128 e. The summed E-state index contributed by atoms with van der Waals surface area (Å²) in [6, 6.07) is 6.97. The maximum atomic E-state index is 4.65. The number of pyridine rings is 1. The molecule has 1 aliphatic heterocycles. The van der Waals surface area contributed by atoms with E-state index < -0.39 is 0 Å². The van der Waals surface area contributed by atoms with E-state index in [1.807, 2.05) is 0 Å². The molecule has 2 heterocycles. The Labute approximate surface area is 116 Å². The van der Waals surface area contributed by atoms with Crippen molar-refractivity contribution in [2.24, 2.45) is 5.92 Å². The van der Waals surface area contributed by atoms with Crippen molar-refractivity contribution in [3.8, 4) is 0 Å². The molecule has 1 saturated carbocycles. The van der Waals surface area contributed by atoms with Crippen molar-refractivity contribution in [1.82, 2.24) is 9.88 Å². The zero-order valence-electron chi connectivity index (χ0n) is 12.2. The van der Waals surface area contributed by atoms with Gasteiger partial charge in [-0.25, -0.2) is 4.98 Å². The third kappa shape index (κ3) is 2.92. The number of piperazine rings is 1. The topological polar surface area (TPSA) is 19.4 Å². The van der Waals surface area contributed by atoms with Crippen LogP contribution in [0.25, 0.3) is 0 Å². The highest BCUT2D eigenvalue weighted by Gasteiger charge is 2.28. The van der Waals surface area contributed by atoms with Crippen LogP contribution in [0.5, 0.6) is 0 Å². The van der Waals surface area contributed by atoms with Crippen molar-refractivity contribution in [3.05, 3.63) is 23.9 Å². The van der Waals surface area contributed by atoms with E-state index in [1.54, 1.807) is 0 Å². The molecule has 3 rings (SSSR count). The Bertz CT molecular complexity index is 428. The third-order valence-corrected chi connectivity index (χ3v) is 4.68. The highest BCUT2D eigenvalue weighted by Crippen LogP contribution is 2.28. The van der Waals surface area contributed by atoms with E-state index in [0.29, 0.717) is 6.04 Å². The van der Waals surface area contributed by atoms with Crippen molar-refractivity contribution in [1.29, 1.82) is 0 Å². The Hall–Kier alpha value is -1.09. The summed E-state index contributed by atoms with van der Waals surface area (Å²) in [7, 11) is 0. The van der Waals surface area contributed by atoms with Crippen LogP contribution in [0.2, 0.25) is 0 Å². The van der Waals surface area contributed by atoms with Gasteiger partial charge in [-0.2, -0.15) is 0 Å². The lowest BCUT2D eigenvalue weighted by atomic mass is 9.84. The zero-order chi connectivity index (χ0) is 13.2. The van der Waals surface area contributed by atoms with Crippen LogP contribution in [0.4, 0.5) is 5.82 Å². The van der Waals surface area contributed by atoms with Crippen molar-refractivity contribution < 1.29 is 0 Å². The molecule has 0 amide bonds. The summed E-state index contributed by atoms with van der Waals surface area (Å²) in [5, 5.41) is 0. The molecule has 1 atom stereocenters. The van der Waals surface area contributed by atoms with Crippen molar-refractivity contribution in [2.75, 3.05) is 31.1 Å². The first-order chi connectivity index (χ1) is 9.22. The fourth-order valence-corrected chi connectivity index (χ4v) is 3.19. The molecule has 1 aliphatic carbocycles. The Morgan fingerprint density at radius 3 is 2.74 bits per heavy atom. The second kappa shape index (κ2) is 5.49. The van der Waals surface area contributed by atoms with E-state index in [4.69, 9.17) is 0 Å². The van der Waals surface area contributed by atoms with Gasteiger partial charge in [-0.3, -0.25) is 4.90 Å². The van der Waals surface area contributed by atoms with Gasteiger partial charge in [0.15, 0.2) is 0 Å². The molecular formula is C16H25N3. The fourth-order valence-electron chi connectivity index (χ4n) is 3.19. The molecule has 104 valence electrons. The van der Waals surface area contributed by atoms with Gasteiger partial charge < -0.3 is 4.90 Å². The van der Waals surface area contributed by atoms with Gasteiger partial charge in [0.05, 0.1) is 0 Å². The Kier molecular flexibility index (Phi) is 3.74. The number of aryl methyl sites for hydroxylation is 1. The number of hydrogen-bond donors (Lipinski definition) is 0. The van der Waals surface area contributed by atoms with Crippen molar-refractivity contribution in [3.63, 3.8) is 0 Å². The zero-order valence-corrected chi connectivity index (χ0v) is 12.2. The quantitative estimate of drug-likeness (QED) is 0.832. The molecule has 3 nitrogen and oxygen atoms in total. The van der Waals surface area contributed by atoms with Crippen LogP contribution in [-0.2, 0) is 0 Å². The third-order valence-electron chi connectivity index (χ3n) is 4.68. The van der Waals surface area contributed by atoms with Crippen LogP contribution in [0.3, 0.4) is 0 Å². The van der Waals surface area contributed by atoms with E-state index in [-0.39, 0.29) is 0 Å². The molecule has 2 aliphatic rings. The summed E-state index contributed by atoms with van der Waals surface area (Å²) in [6.07, 6.45) is 4.35. The van der Waals surface area contributed by atoms with E-state index in [1.165, 1.54) is 32.4 Å². The molecule has 0 N–H and O–H groups in total. The number of nitrogens with zero attached hydrogens (tertiary/aromatic N) is 3. The summed E-state index contributed by atoms with van der Waals surface area (Å²) in [4.78, 5) is 9.77. The average Bonchev–Trinajstić information content (AvgIpc) is 2.35. The molecule has 0 radical (unpaired) electrons. The van der Waals surface area contributed by atoms with Crippen LogP contribution in [-0.4, -0.2) is 42.1 Å². The average molecular weight is 259 g/mol. The monoisotopic (exact) mass is 259 g/mol. The molecule has 3 heteroatoms. The molecule has 1 saturated heterocycles. The molecular weight excluding hydrogens is 234 g/mol. The standard InChI is InChI=1S/C16H25N3/c1-13-5-3-8-16(17-13)19-10-9-18(14(2)11-19)12-15-6-4-7-15/h3,5,8,14-15H,4,6-7,9-12H2,1-2H3. The van der Waals surface area contributed by atoms with Gasteiger partial charge >= 0.3 is 0 Å². The molecule has 2 fully saturated rings. The predicted molar refractivity (Wildman–Crippen MR) is 79.6 cm³/mol. The highest BCUT2D eigenvalue weighted by molar-refractivity contribution is 5.40. The first-order valence-electron chi connectivity index (χ1n) is 7.65. The summed E-state index contributed by atoms with van der Waals surface area (Å²) >= 11 is 0. The lowest BCUT2D eigenvalue weighted by molar-refractivity contribution is 0.128. The van der Waals surface area contributed by atoms with Gasteiger partial charge in [-0.15, -0.1) is 0 Å². The highest BCUT2D eigenvalue weighted by atomic mass is 15.3. The Balaban J connectivity index is 1.59. The number of anilines is 1. The summed E-state index contributed by atoms with van der Waals surface area (Å²) in [6.45, 7) is 9.17. The van der Waals surface area contributed by atoms with E-state index >= 15 is 0 Å². The van der Waals surface area contributed by atoms with Gasteiger partial charge in [-0.05, 0) is 44.7 Å². The van der Waals surface area contributed by atoms with E-state index in [9.17, 15) is 0 Å². The van der Waals surface area contributed by atoms with Gasteiger partial charge in [0.2, 0.25) is 0 Å². The maximum Gasteiger partial charge on any atom is 0.128 e. The van der Waals surface area contributed by atoms with Gasteiger partial charge in [-0.1, -0.05) is 12.5 Å². The minimum absolute atomic E-state index is 0.650. The minimum atomic E-state index is 0.650. The Morgan fingerprint density at radius 2 is 2.11 bits per heavy atom. The fraction of sp³-hybridized carbons (Fsp3) is 0.688. The second-order valence-corrected chi connectivity index (χ2v) is 6.22. The van der Waals surface area contributed by atoms with Crippen LogP contribution >= 0.6 is 0 Å². The molecule has 0 spiro atoms. The van der Waals surface area contributed by atoms with Gasteiger partial charge in [0, 0.05) is 37.9 Å². The number of aromatic nitrogens is 1. The van der Waals surface area contributed by atoms with Crippen LogP contribution in [0.1, 0.15) is 31.9 Å². The SMILES string of the molecule is Cc1cccc(N2CCN(CC3CCC3)C(C)C2)n1. The molecule has 1 aromatic rings. The molecule has 1 aromatic heterocycles. The van der Waals surface area contributed by atoms with Crippen molar-refractivity contribution >= 4 is 5.82 Å². The predicted octanol–water partition coefficient (Wildman–Crippen LogP) is 2.70. The summed E-state index contributed by atoms with van der Waals surface area (Å²) in [5.41, 5.74) is 1.11. The normalized spacial score (nSPS) is 25.4. The summed E-state index contributed by atoms with van der Waals surface area (Å²) in [5.74, 6) is 2.13. The molecule has 0 bridgehead atoms. The summed E-state index contributed by atoms with van der Waals surface area (Å²) < 4.78 is 0. The molecule has 0 aromatic carbocycles. The van der Waals surface area contributed by atoms with Gasteiger partial charge in [0.25, 0.3) is 0 Å². The Morgan fingerprint density at radius 1 is 1.26 bits per heavy atom. The first-order valence-corrected chi connectivity index (χ1v) is 7.65. The number of hydrogen-bond acceptors (Lipinski definition) is 3. The maximum absolute atomic E-state index is 4.65. The lowest BCUT2D eigenvalue weighted by Crippen LogP contribution is -2.53. The first kappa shape index (κ1) is 12.9. The van der Waals surface area contributed by atoms with Crippen LogP contribution < -0.4 is 4.90 Å². The lowest BCUT2D eigenvalue weighted by Gasteiger charge is -2.43. The van der Waals surface area contributed by atoms with Crippen molar-refractivity contribution in [2.45, 2.75) is 39.2 Å². The van der Waals surface area contributed by atoms with Gasteiger partial charge in [0.1, 0.15) is 5.82 Å². The number of rotatable bonds is 3. The largest absolute Gasteiger partial charge is 0.354 e. The van der Waals surface area contributed by atoms with E-state index in [0.717, 1.165) is 30.5 Å². The molecule has 19 heavy (non-hydrogen) atoms. The van der Waals surface area contributed by atoms with Crippen LogP contribution in [0.15, 0.2) is 18.2 Å².